The summed E-state index contributed by atoms with van der Waals surface area (Å²) in [7, 11) is 1.63. The predicted octanol–water partition coefficient (Wildman–Crippen LogP) is 3.97. The first-order chi connectivity index (χ1) is 11.5. The zero-order chi connectivity index (χ0) is 16.9. The highest BCUT2D eigenvalue weighted by atomic mass is 16.6. The van der Waals surface area contributed by atoms with E-state index in [0.29, 0.717) is 23.5 Å². The van der Waals surface area contributed by atoms with Crippen molar-refractivity contribution < 1.29 is 14.6 Å². The Morgan fingerprint density at radius 2 is 2.12 bits per heavy atom. The van der Waals surface area contributed by atoms with Gasteiger partial charge in [-0.25, -0.2) is 4.79 Å². The van der Waals surface area contributed by atoms with Crippen LogP contribution in [0.25, 0.3) is 0 Å². The average Bonchev–Trinajstić information content (AvgIpc) is 2.90. The Morgan fingerprint density at radius 1 is 1.29 bits per heavy atom. The van der Waals surface area contributed by atoms with Crippen LogP contribution in [-0.4, -0.2) is 24.4 Å². The largest absolute Gasteiger partial charge is 0.508 e. The van der Waals surface area contributed by atoms with Gasteiger partial charge in [-0.05, 0) is 79.5 Å². The number of ether oxygens (including phenoxy) is 1. The molecule has 0 spiro atoms. The molecule has 0 radical (unpaired) electrons. The van der Waals surface area contributed by atoms with E-state index >= 15 is 0 Å². The molecule has 4 heteroatoms. The van der Waals surface area contributed by atoms with Gasteiger partial charge in [-0.2, -0.15) is 0 Å². The summed E-state index contributed by atoms with van der Waals surface area (Å²) in [5.74, 6) is 2.30. The fraction of sp³-hybridized carbons (Fsp3) is 0.650. The van der Waals surface area contributed by atoms with E-state index in [9.17, 15) is 9.90 Å². The Balaban J connectivity index is 1.60. The summed E-state index contributed by atoms with van der Waals surface area (Å²) in [4.78, 5) is 11.7. The molecule has 5 atom stereocenters. The molecule has 2 fully saturated rings. The summed E-state index contributed by atoms with van der Waals surface area (Å²) < 4.78 is 5.71. The molecular weight excluding hydrogens is 302 g/mol. The third-order valence-electron chi connectivity index (χ3n) is 7.08. The first kappa shape index (κ1) is 15.8. The minimum absolute atomic E-state index is 0.0459. The van der Waals surface area contributed by atoms with E-state index in [4.69, 9.17) is 4.74 Å². The molecule has 1 aromatic carbocycles. The quantitative estimate of drug-likeness (QED) is 0.819. The second-order valence-electron chi connectivity index (χ2n) is 8.06. The molecule has 4 rings (SSSR count). The van der Waals surface area contributed by atoms with E-state index in [1.165, 1.54) is 17.5 Å². The Bertz CT molecular complexity index is 658. The standard InChI is InChI=1S/C20H27NO3/c1-20-10-9-15-14-6-4-13(22)11-12(14)3-5-16(15)17(20)7-8-18(20)24-19(23)21-2/h4,6,11,15-18,22H,3,5,7-10H2,1-2H3,(H,21,23)/t15?,16?,17?,18-,20-/m0/s1. The number of hydrogen-bond acceptors (Lipinski definition) is 3. The SMILES string of the molecule is CNC(=O)O[C@H]1CCC2C3CCc4cc(O)ccc4C3CC[C@@]21C. The van der Waals surface area contributed by atoms with Crippen LogP contribution in [0.5, 0.6) is 5.75 Å². The number of carbonyl (C=O) groups excluding carboxylic acids is 1. The maximum Gasteiger partial charge on any atom is 0.407 e. The lowest BCUT2D eigenvalue weighted by Crippen LogP contribution is -2.45. The van der Waals surface area contributed by atoms with Gasteiger partial charge in [0.05, 0.1) is 0 Å². The average molecular weight is 329 g/mol. The third kappa shape index (κ3) is 2.30. The lowest BCUT2D eigenvalue weighted by atomic mass is 9.55. The van der Waals surface area contributed by atoms with Crippen molar-refractivity contribution in [1.82, 2.24) is 5.32 Å². The van der Waals surface area contributed by atoms with Crippen LogP contribution in [0.4, 0.5) is 4.79 Å². The summed E-state index contributed by atoms with van der Waals surface area (Å²) >= 11 is 0. The third-order valence-corrected chi connectivity index (χ3v) is 7.08. The Hall–Kier alpha value is -1.71. The molecule has 3 aliphatic rings. The molecule has 3 unspecified atom stereocenters. The highest BCUT2D eigenvalue weighted by molar-refractivity contribution is 5.67. The maximum atomic E-state index is 11.7. The molecule has 4 nitrogen and oxygen atoms in total. The number of phenolic OH excluding ortho intramolecular Hbond substituents is 1. The van der Waals surface area contributed by atoms with Crippen molar-refractivity contribution in [2.24, 2.45) is 17.3 Å². The Kier molecular flexibility index (Phi) is 3.74. The van der Waals surface area contributed by atoms with E-state index < -0.39 is 0 Å². The van der Waals surface area contributed by atoms with Crippen LogP contribution >= 0.6 is 0 Å². The van der Waals surface area contributed by atoms with Gasteiger partial charge in [0.2, 0.25) is 0 Å². The van der Waals surface area contributed by atoms with E-state index in [0.717, 1.165) is 32.1 Å². The molecule has 130 valence electrons. The van der Waals surface area contributed by atoms with Gasteiger partial charge in [-0.3, -0.25) is 0 Å². The highest BCUT2D eigenvalue weighted by Gasteiger charge is 2.56. The summed E-state index contributed by atoms with van der Waals surface area (Å²) in [6.07, 6.45) is 6.40. The molecule has 0 aromatic heterocycles. The van der Waals surface area contributed by atoms with Crippen molar-refractivity contribution >= 4 is 6.09 Å². The number of alkyl carbamates (subject to hydrolysis) is 1. The number of phenols is 1. The normalized spacial score (nSPS) is 37.1. The van der Waals surface area contributed by atoms with E-state index in [2.05, 4.69) is 18.3 Å². The Labute approximate surface area is 143 Å². The van der Waals surface area contributed by atoms with Gasteiger partial charge in [-0.15, -0.1) is 0 Å². The number of carbonyl (C=O) groups is 1. The van der Waals surface area contributed by atoms with Crippen molar-refractivity contribution in [3.05, 3.63) is 29.3 Å². The van der Waals surface area contributed by atoms with Crippen LogP contribution in [0.2, 0.25) is 0 Å². The van der Waals surface area contributed by atoms with Crippen LogP contribution < -0.4 is 5.32 Å². The molecule has 0 bridgehead atoms. The molecule has 2 saturated carbocycles. The second kappa shape index (κ2) is 5.68. The zero-order valence-electron chi connectivity index (χ0n) is 14.5. The van der Waals surface area contributed by atoms with Gasteiger partial charge in [0.25, 0.3) is 0 Å². The molecule has 1 aromatic rings. The number of rotatable bonds is 1. The fourth-order valence-electron chi connectivity index (χ4n) is 5.90. The first-order valence-electron chi connectivity index (χ1n) is 9.23. The van der Waals surface area contributed by atoms with Crippen LogP contribution in [0.15, 0.2) is 18.2 Å². The van der Waals surface area contributed by atoms with Gasteiger partial charge in [0, 0.05) is 12.5 Å². The van der Waals surface area contributed by atoms with Crippen molar-refractivity contribution in [1.29, 1.82) is 0 Å². The maximum absolute atomic E-state index is 11.7. The topological polar surface area (TPSA) is 58.6 Å². The van der Waals surface area contributed by atoms with E-state index in [1.54, 1.807) is 7.05 Å². The minimum Gasteiger partial charge on any atom is -0.508 e. The molecule has 1 amide bonds. The van der Waals surface area contributed by atoms with Crippen molar-refractivity contribution in [3.8, 4) is 5.75 Å². The van der Waals surface area contributed by atoms with Crippen LogP contribution in [0.1, 0.15) is 56.1 Å². The number of fused-ring (bicyclic) bond motifs is 5. The molecule has 3 aliphatic carbocycles. The summed E-state index contributed by atoms with van der Waals surface area (Å²) in [5.41, 5.74) is 2.89. The number of aromatic hydroxyl groups is 1. The number of aryl methyl sites for hydroxylation is 1. The van der Waals surface area contributed by atoms with Crippen LogP contribution in [-0.2, 0) is 11.2 Å². The lowest BCUT2D eigenvalue weighted by molar-refractivity contribution is -0.0310. The van der Waals surface area contributed by atoms with Crippen LogP contribution in [0, 0.1) is 17.3 Å². The number of amides is 1. The highest BCUT2D eigenvalue weighted by Crippen LogP contribution is 2.61. The van der Waals surface area contributed by atoms with Crippen molar-refractivity contribution in [2.45, 2.75) is 57.5 Å². The Morgan fingerprint density at radius 3 is 2.92 bits per heavy atom. The van der Waals surface area contributed by atoms with Crippen molar-refractivity contribution in [2.75, 3.05) is 7.05 Å². The van der Waals surface area contributed by atoms with Crippen LogP contribution in [0.3, 0.4) is 0 Å². The predicted molar refractivity (Wildman–Crippen MR) is 92.1 cm³/mol. The molecule has 0 heterocycles. The van der Waals surface area contributed by atoms with Gasteiger partial charge in [-0.1, -0.05) is 13.0 Å². The van der Waals surface area contributed by atoms with Gasteiger partial charge >= 0.3 is 6.09 Å². The van der Waals surface area contributed by atoms with Gasteiger partial charge in [0.1, 0.15) is 11.9 Å². The monoisotopic (exact) mass is 329 g/mol. The lowest BCUT2D eigenvalue weighted by Gasteiger charge is -2.50. The first-order valence-corrected chi connectivity index (χ1v) is 9.23. The zero-order valence-corrected chi connectivity index (χ0v) is 14.5. The molecule has 0 aliphatic heterocycles. The van der Waals surface area contributed by atoms with E-state index in [-0.39, 0.29) is 17.6 Å². The van der Waals surface area contributed by atoms with E-state index in [1.807, 2.05) is 12.1 Å². The minimum atomic E-state index is -0.298. The summed E-state index contributed by atoms with van der Waals surface area (Å²) in [6.45, 7) is 2.33. The smallest absolute Gasteiger partial charge is 0.407 e. The number of hydrogen-bond donors (Lipinski definition) is 2. The summed E-state index contributed by atoms with van der Waals surface area (Å²) in [5, 5.41) is 12.4. The number of nitrogens with one attached hydrogen (secondary N) is 1. The molecule has 24 heavy (non-hydrogen) atoms. The summed E-state index contributed by atoms with van der Waals surface area (Å²) in [6, 6.07) is 5.92. The van der Waals surface area contributed by atoms with Crippen molar-refractivity contribution in [3.63, 3.8) is 0 Å². The molecular formula is C20H27NO3. The molecule has 2 N–H and O–H groups in total. The molecule has 0 saturated heterocycles. The van der Waals surface area contributed by atoms with Gasteiger partial charge in [0.15, 0.2) is 0 Å². The number of benzene rings is 1. The fourth-order valence-corrected chi connectivity index (χ4v) is 5.90. The van der Waals surface area contributed by atoms with Gasteiger partial charge < -0.3 is 15.2 Å². The second-order valence-corrected chi connectivity index (χ2v) is 8.06.